The second kappa shape index (κ2) is 10.5. The van der Waals surface area contributed by atoms with Crippen LogP contribution in [-0.4, -0.2) is 11.7 Å². The van der Waals surface area contributed by atoms with Crippen molar-refractivity contribution >= 4 is 46.1 Å². The summed E-state index contributed by atoms with van der Waals surface area (Å²) in [5.74, 6) is 0.875. The van der Waals surface area contributed by atoms with Crippen LogP contribution in [0.2, 0.25) is 0 Å². The molecule has 0 fully saturated rings. The molecule has 0 saturated carbocycles. The van der Waals surface area contributed by atoms with Gasteiger partial charge in [-0.15, -0.1) is 0 Å². The highest BCUT2D eigenvalue weighted by atomic mass is 16.5. The zero-order valence-electron chi connectivity index (χ0n) is 20.4. The quantitative estimate of drug-likeness (QED) is 0.212. The molecule has 35 heavy (non-hydrogen) atoms. The molecular formula is C33H31NO. The van der Waals surface area contributed by atoms with Crippen molar-refractivity contribution in [3.05, 3.63) is 113 Å². The van der Waals surface area contributed by atoms with Crippen LogP contribution in [-0.2, 0) is 6.54 Å². The van der Waals surface area contributed by atoms with Gasteiger partial charge in [-0.3, -0.25) is 0 Å². The second-order valence-corrected chi connectivity index (χ2v) is 8.91. The van der Waals surface area contributed by atoms with Gasteiger partial charge in [0.15, 0.2) is 0 Å². The number of aryl methyl sites for hydroxylation is 1. The molecule has 0 atom stereocenters. The Balaban J connectivity index is 1.34. The number of aromatic nitrogens is 1. The minimum atomic E-state index is 0.875. The van der Waals surface area contributed by atoms with E-state index in [9.17, 15) is 0 Å². The van der Waals surface area contributed by atoms with Crippen molar-refractivity contribution in [2.45, 2.75) is 26.3 Å². The topological polar surface area (TPSA) is 14.2 Å². The van der Waals surface area contributed by atoms with E-state index < -0.39 is 0 Å². The van der Waals surface area contributed by atoms with Crippen LogP contribution in [0.5, 0.6) is 5.75 Å². The number of unbranched alkanes of at least 4 members (excludes halogenated alkanes) is 1. The second-order valence-electron chi connectivity index (χ2n) is 8.91. The number of hydrogen-bond donors (Lipinski definition) is 0. The van der Waals surface area contributed by atoms with E-state index in [1.807, 2.05) is 12.1 Å². The molecule has 0 aliphatic carbocycles. The first-order valence-electron chi connectivity index (χ1n) is 12.4. The fourth-order valence-corrected chi connectivity index (χ4v) is 4.55. The lowest BCUT2D eigenvalue weighted by atomic mass is 10.1. The Morgan fingerprint density at radius 3 is 1.80 bits per heavy atom. The first kappa shape index (κ1) is 22.7. The number of hydrogen-bond acceptors (Lipinski definition) is 1. The van der Waals surface area contributed by atoms with Gasteiger partial charge in [0, 0.05) is 28.4 Å². The molecule has 174 valence electrons. The third-order valence-corrected chi connectivity index (χ3v) is 6.52. The SMILES string of the molecule is CCCCn1c2ccccc2c2cc(/C=C/c3ccc(/C=C/c4ccc(OC)cc4)cc3)ccc21. The van der Waals surface area contributed by atoms with Crippen molar-refractivity contribution in [2.75, 3.05) is 7.11 Å². The van der Waals surface area contributed by atoms with Crippen LogP contribution in [0.3, 0.4) is 0 Å². The number of rotatable bonds is 8. The van der Waals surface area contributed by atoms with Crippen LogP contribution in [0.15, 0.2) is 91.0 Å². The van der Waals surface area contributed by atoms with Gasteiger partial charge in [-0.1, -0.05) is 98.3 Å². The summed E-state index contributed by atoms with van der Waals surface area (Å²) in [6.45, 7) is 3.31. The highest BCUT2D eigenvalue weighted by Gasteiger charge is 2.09. The molecule has 0 saturated heterocycles. The van der Waals surface area contributed by atoms with Crippen LogP contribution in [0.1, 0.15) is 42.0 Å². The Kier molecular flexibility index (Phi) is 6.81. The molecule has 0 aliphatic heterocycles. The molecule has 0 aliphatic rings. The summed E-state index contributed by atoms with van der Waals surface area (Å²) in [5, 5.41) is 2.67. The molecule has 2 nitrogen and oxygen atoms in total. The first-order valence-corrected chi connectivity index (χ1v) is 12.4. The highest BCUT2D eigenvalue weighted by Crippen LogP contribution is 2.30. The van der Waals surface area contributed by atoms with Crippen LogP contribution in [0.25, 0.3) is 46.1 Å². The van der Waals surface area contributed by atoms with E-state index in [1.54, 1.807) is 7.11 Å². The number of fused-ring (bicyclic) bond motifs is 3. The van der Waals surface area contributed by atoms with Crippen LogP contribution < -0.4 is 4.74 Å². The Bertz CT molecular complexity index is 1480. The van der Waals surface area contributed by atoms with E-state index in [0.717, 1.165) is 17.9 Å². The summed E-state index contributed by atoms with van der Waals surface area (Å²) < 4.78 is 7.70. The Labute approximate surface area is 207 Å². The van der Waals surface area contributed by atoms with E-state index in [0.29, 0.717) is 0 Å². The van der Waals surface area contributed by atoms with Gasteiger partial charge >= 0.3 is 0 Å². The van der Waals surface area contributed by atoms with Gasteiger partial charge in [-0.05, 0) is 59.0 Å². The number of benzene rings is 4. The lowest BCUT2D eigenvalue weighted by molar-refractivity contribution is 0.415. The molecule has 0 radical (unpaired) electrons. The van der Waals surface area contributed by atoms with Gasteiger partial charge in [0.05, 0.1) is 7.11 Å². The summed E-state index contributed by atoms with van der Waals surface area (Å²) in [6, 6.07) is 32.3. The highest BCUT2D eigenvalue weighted by molar-refractivity contribution is 6.08. The first-order chi connectivity index (χ1) is 17.2. The molecule has 0 spiro atoms. The summed E-state index contributed by atoms with van der Waals surface area (Å²) in [5.41, 5.74) is 7.40. The number of methoxy groups -OCH3 is 1. The third-order valence-electron chi connectivity index (χ3n) is 6.52. The van der Waals surface area contributed by atoms with Crippen molar-refractivity contribution in [1.82, 2.24) is 4.57 Å². The fraction of sp³-hybridized carbons (Fsp3) is 0.152. The molecule has 0 N–H and O–H groups in total. The van der Waals surface area contributed by atoms with Gasteiger partial charge < -0.3 is 9.30 Å². The third kappa shape index (κ3) is 5.07. The maximum Gasteiger partial charge on any atom is 0.118 e. The molecule has 1 aromatic heterocycles. The van der Waals surface area contributed by atoms with Gasteiger partial charge in [0.1, 0.15) is 5.75 Å². The van der Waals surface area contributed by atoms with E-state index in [-0.39, 0.29) is 0 Å². The molecule has 1 heterocycles. The standard InChI is InChI=1S/C33H31NO/c1-3-4-23-34-32-8-6-5-7-30(32)31-24-28(19-22-33(31)34)16-15-26-11-9-25(10-12-26)13-14-27-17-20-29(35-2)21-18-27/h5-22,24H,3-4,23H2,1-2H3/b14-13+,16-15+. The zero-order valence-corrected chi connectivity index (χ0v) is 20.4. The molecule has 0 bridgehead atoms. The maximum absolute atomic E-state index is 5.22. The van der Waals surface area contributed by atoms with E-state index in [1.165, 1.54) is 51.3 Å². The molecule has 0 unspecified atom stereocenters. The number of para-hydroxylation sites is 1. The Morgan fingerprint density at radius 1 is 0.629 bits per heavy atom. The van der Waals surface area contributed by atoms with E-state index in [4.69, 9.17) is 4.74 Å². The van der Waals surface area contributed by atoms with E-state index >= 15 is 0 Å². The zero-order chi connectivity index (χ0) is 24.0. The van der Waals surface area contributed by atoms with Crippen LogP contribution >= 0.6 is 0 Å². The van der Waals surface area contributed by atoms with Gasteiger partial charge in [0.2, 0.25) is 0 Å². The van der Waals surface area contributed by atoms with Crippen molar-refractivity contribution in [3.8, 4) is 5.75 Å². The van der Waals surface area contributed by atoms with Crippen molar-refractivity contribution in [2.24, 2.45) is 0 Å². The average molecular weight is 458 g/mol. The summed E-state index contributed by atoms with van der Waals surface area (Å²) in [4.78, 5) is 0. The van der Waals surface area contributed by atoms with Crippen LogP contribution in [0, 0.1) is 0 Å². The minimum absolute atomic E-state index is 0.875. The van der Waals surface area contributed by atoms with Crippen molar-refractivity contribution < 1.29 is 4.74 Å². The lowest BCUT2D eigenvalue weighted by Gasteiger charge is -2.06. The van der Waals surface area contributed by atoms with Crippen molar-refractivity contribution in [1.29, 1.82) is 0 Å². The predicted molar refractivity (Wildman–Crippen MR) is 152 cm³/mol. The molecular weight excluding hydrogens is 426 g/mol. The summed E-state index contributed by atoms with van der Waals surface area (Å²) >= 11 is 0. The Hall–Kier alpha value is -4.04. The number of nitrogens with zero attached hydrogens (tertiary/aromatic N) is 1. The molecule has 0 amide bonds. The lowest BCUT2D eigenvalue weighted by Crippen LogP contribution is -1.96. The van der Waals surface area contributed by atoms with Crippen LogP contribution in [0.4, 0.5) is 0 Å². The smallest absolute Gasteiger partial charge is 0.118 e. The largest absolute Gasteiger partial charge is 0.497 e. The van der Waals surface area contributed by atoms with Gasteiger partial charge in [0.25, 0.3) is 0 Å². The van der Waals surface area contributed by atoms with Gasteiger partial charge in [-0.25, -0.2) is 0 Å². The maximum atomic E-state index is 5.22. The summed E-state index contributed by atoms with van der Waals surface area (Å²) in [7, 11) is 1.69. The van der Waals surface area contributed by atoms with Crippen molar-refractivity contribution in [3.63, 3.8) is 0 Å². The number of ether oxygens (including phenoxy) is 1. The molecule has 5 rings (SSSR count). The molecule has 5 aromatic rings. The average Bonchev–Trinajstić information content (AvgIpc) is 3.23. The predicted octanol–water partition coefficient (Wildman–Crippen LogP) is 8.94. The summed E-state index contributed by atoms with van der Waals surface area (Å²) in [6.07, 6.45) is 11.0. The molecule has 2 heteroatoms. The monoisotopic (exact) mass is 457 g/mol. The Morgan fingerprint density at radius 2 is 1.17 bits per heavy atom. The molecule has 4 aromatic carbocycles. The van der Waals surface area contributed by atoms with E-state index in [2.05, 4.69) is 115 Å². The fourth-order valence-electron chi connectivity index (χ4n) is 4.55. The minimum Gasteiger partial charge on any atom is -0.497 e. The normalized spacial score (nSPS) is 11.8. The van der Waals surface area contributed by atoms with Gasteiger partial charge in [-0.2, -0.15) is 0 Å².